The highest BCUT2D eigenvalue weighted by Gasteiger charge is 2.08. The normalized spacial score (nSPS) is 9.81. The fraction of sp³-hybridized carbons (Fsp3) is 0.444. The molecule has 0 aliphatic carbocycles. The molecule has 0 unspecified atom stereocenters. The summed E-state index contributed by atoms with van der Waals surface area (Å²) in [5, 5.41) is 14.5. The molecular weight excluding hydrogens is 230 g/mol. The van der Waals surface area contributed by atoms with Crippen molar-refractivity contribution in [3.63, 3.8) is 0 Å². The summed E-state index contributed by atoms with van der Waals surface area (Å²) in [7, 11) is 0. The first kappa shape index (κ1) is 12.4. The minimum absolute atomic E-state index is 0.104. The fourth-order valence-electron chi connectivity index (χ4n) is 0.938. The van der Waals surface area contributed by atoms with Gasteiger partial charge in [-0.05, 0) is 6.42 Å². The summed E-state index contributed by atoms with van der Waals surface area (Å²) in [4.78, 5) is 25.7. The molecular formula is C9H13N3O3S. The van der Waals surface area contributed by atoms with E-state index in [9.17, 15) is 9.59 Å². The lowest BCUT2D eigenvalue weighted by atomic mass is 10.4. The Kier molecular flexibility index (Phi) is 4.71. The van der Waals surface area contributed by atoms with Gasteiger partial charge in [-0.1, -0.05) is 18.3 Å². The zero-order valence-corrected chi connectivity index (χ0v) is 9.63. The van der Waals surface area contributed by atoms with E-state index in [-0.39, 0.29) is 17.3 Å². The molecule has 1 aromatic rings. The maximum Gasteiger partial charge on any atom is 0.347 e. The van der Waals surface area contributed by atoms with Gasteiger partial charge in [0.1, 0.15) is 4.88 Å². The minimum Gasteiger partial charge on any atom is -0.477 e. The van der Waals surface area contributed by atoms with Crippen molar-refractivity contribution in [1.29, 1.82) is 0 Å². The van der Waals surface area contributed by atoms with Gasteiger partial charge in [0.05, 0.1) is 12.7 Å². The molecule has 0 atom stereocenters. The third-order valence-electron chi connectivity index (χ3n) is 1.69. The molecule has 1 rings (SSSR count). The molecule has 0 fully saturated rings. The van der Waals surface area contributed by atoms with E-state index in [1.165, 1.54) is 6.20 Å². The van der Waals surface area contributed by atoms with Crippen LogP contribution in [-0.2, 0) is 4.79 Å². The average molecular weight is 243 g/mol. The lowest BCUT2D eigenvalue weighted by Gasteiger charge is -2.03. The van der Waals surface area contributed by atoms with E-state index >= 15 is 0 Å². The van der Waals surface area contributed by atoms with Crippen molar-refractivity contribution in [2.75, 3.05) is 18.4 Å². The predicted molar refractivity (Wildman–Crippen MR) is 60.9 cm³/mol. The molecule has 0 aromatic carbocycles. The predicted octanol–water partition coefficient (Wildman–Crippen LogP) is 0.779. The molecule has 88 valence electrons. The topological polar surface area (TPSA) is 91.3 Å². The van der Waals surface area contributed by atoms with Crippen LogP contribution in [0.25, 0.3) is 0 Å². The molecule has 0 bridgehead atoms. The molecule has 1 aromatic heterocycles. The Bertz CT molecular complexity index is 378. The third-order valence-corrected chi connectivity index (χ3v) is 2.63. The maximum atomic E-state index is 11.2. The summed E-state index contributed by atoms with van der Waals surface area (Å²) >= 11 is 1.01. The number of anilines is 1. The van der Waals surface area contributed by atoms with Gasteiger partial charge in [-0.15, -0.1) is 0 Å². The summed E-state index contributed by atoms with van der Waals surface area (Å²) in [6.45, 7) is 2.71. The van der Waals surface area contributed by atoms with Crippen LogP contribution in [0.3, 0.4) is 0 Å². The zero-order valence-electron chi connectivity index (χ0n) is 8.82. The molecule has 0 radical (unpaired) electrons. The molecule has 7 heteroatoms. The molecule has 3 N–H and O–H groups in total. The summed E-state index contributed by atoms with van der Waals surface area (Å²) in [5.74, 6) is -1.14. The number of thiazole rings is 1. The van der Waals surface area contributed by atoms with Gasteiger partial charge in [-0.2, -0.15) is 0 Å². The number of aromatic carboxylic acids is 1. The number of hydrogen-bond donors (Lipinski definition) is 3. The summed E-state index contributed by atoms with van der Waals surface area (Å²) in [5.41, 5.74) is 0. The van der Waals surface area contributed by atoms with Crippen LogP contribution < -0.4 is 10.6 Å². The highest BCUT2D eigenvalue weighted by atomic mass is 32.1. The molecule has 6 nitrogen and oxygen atoms in total. The van der Waals surface area contributed by atoms with E-state index in [4.69, 9.17) is 5.11 Å². The molecule has 0 saturated heterocycles. The number of rotatable bonds is 6. The van der Waals surface area contributed by atoms with Gasteiger partial charge in [-0.3, -0.25) is 4.79 Å². The van der Waals surface area contributed by atoms with Crippen molar-refractivity contribution in [2.24, 2.45) is 0 Å². The number of amides is 1. The summed E-state index contributed by atoms with van der Waals surface area (Å²) < 4.78 is 0. The second-order valence-electron chi connectivity index (χ2n) is 3.04. The van der Waals surface area contributed by atoms with Crippen LogP contribution in [0.2, 0.25) is 0 Å². The van der Waals surface area contributed by atoms with Crippen LogP contribution in [0.1, 0.15) is 23.0 Å². The zero-order chi connectivity index (χ0) is 12.0. The lowest BCUT2D eigenvalue weighted by molar-refractivity contribution is -0.119. The van der Waals surface area contributed by atoms with Gasteiger partial charge in [-0.25, -0.2) is 9.78 Å². The molecule has 0 spiro atoms. The second kappa shape index (κ2) is 6.06. The van der Waals surface area contributed by atoms with Crippen LogP contribution in [0.4, 0.5) is 5.13 Å². The van der Waals surface area contributed by atoms with Crippen LogP contribution in [0.15, 0.2) is 6.20 Å². The largest absolute Gasteiger partial charge is 0.477 e. The molecule has 1 amide bonds. The molecule has 0 saturated carbocycles. The van der Waals surface area contributed by atoms with Crippen molar-refractivity contribution >= 4 is 28.3 Å². The highest BCUT2D eigenvalue weighted by molar-refractivity contribution is 7.17. The molecule has 16 heavy (non-hydrogen) atoms. The van der Waals surface area contributed by atoms with Gasteiger partial charge in [0, 0.05) is 6.54 Å². The van der Waals surface area contributed by atoms with E-state index < -0.39 is 5.97 Å². The first-order valence-electron chi connectivity index (χ1n) is 4.83. The monoisotopic (exact) mass is 243 g/mol. The van der Waals surface area contributed by atoms with E-state index in [0.29, 0.717) is 11.7 Å². The van der Waals surface area contributed by atoms with Gasteiger partial charge < -0.3 is 15.7 Å². The first-order valence-corrected chi connectivity index (χ1v) is 5.64. The van der Waals surface area contributed by atoms with Crippen molar-refractivity contribution < 1.29 is 14.7 Å². The summed E-state index contributed by atoms with van der Waals surface area (Å²) in [6.07, 6.45) is 2.14. The Morgan fingerprint density at radius 3 is 2.88 bits per heavy atom. The lowest BCUT2D eigenvalue weighted by Crippen LogP contribution is -2.30. The number of carboxylic acid groups (broad SMARTS) is 1. The van der Waals surface area contributed by atoms with Crippen LogP contribution >= 0.6 is 11.3 Å². The first-order chi connectivity index (χ1) is 7.63. The minimum atomic E-state index is -1.01. The van der Waals surface area contributed by atoms with E-state index in [0.717, 1.165) is 17.8 Å². The van der Waals surface area contributed by atoms with Gasteiger partial charge in [0.2, 0.25) is 5.91 Å². The number of nitrogens with one attached hydrogen (secondary N) is 2. The van der Waals surface area contributed by atoms with Crippen molar-refractivity contribution in [3.05, 3.63) is 11.1 Å². The fourth-order valence-corrected chi connectivity index (χ4v) is 1.59. The van der Waals surface area contributed by atoms with E-state index in [2.05, 4.69) is 15.6 Å². The Labute approximate surface area is 96.7 Å². The number of carbonyl (C=O) groups is 2. The van der Waals surface area contributed by atoms with Crippen molar-refractivity contribution in [3.8, 4) is 0 Å². The molecule has 1 heterocycles. The van der Waals surface area contributed by atoms with Crippen LogP contribution in [-0.4, -0.2) is 35.1 Å². The molecule has 0 aliphatic rings. The standard InChI is InChI=1S/C9H13N3O3S/c1-2-3-10-7(13)5-12-9-11-4-6(16-9)8(14)15/h4H,2-3,5H2,1H3,(H,10,13)(H,11,12)(H,14,15). The van der Waals surface area contributed by atoms with Gasteiger partial charge in [0.25, 0.3) is 0 Å². The maximum absolute atomic E-state index is 11.2. The number of aromatic nitrogens is 1. The average Bonchev–Trinajstić information content (AvgIpc) is 2.72. The smallest absolute Gasteiger partial charge is 0.347 e. The SMILES string of the molecule is CCCNC(=O)CNc1ncc(C(=O)O)s1. The van der Waals surface area contributed by atoms with Crippen LogP contribution in [0.5, 0.6) is 0 Å². The number of hydrogen-bond acceptors (Lipinski definition) is 5. The number of carboxylic acids is 1. The van der Waals surface area contributed by atoms with Crippen molar-refractivity contribution in [1.82, 2.24) is 10.3 Å². The Hall–Kier alpha value is -1.63. The van der Waals surface area contributed by atoms with Crippen molar-refractivity contribution in [2.45, 2.75) is 13.3 Å². The van der Waals surface area contributed by atoms with Gasteiger partial charge >= 0.3 is 5.97 Å². The van der Waals surface area contributed by atoms with E-state index in [1.807, 2.05) is 6.92 Å². The third kappa shape index (κ3) is 3.85. The summed E-state index contributed by atoms with van der Waals surface area (Å²) in [6, 6.07) is 0. The number of nitrogens with zero attached hydrogens (tertiary/aromatic N) is 1. The van der Waals surface area contributed by atoms with E-state index in [1.54, 1.807) is 0 Å². The number of carbonyl (C=O) groups excluding carboxylic acids is 1. The van der Waals surface area contributed by atoms with Crippen LogP contribution in [0, 0.1) is 0 Å². The van der Waals surface area contributed by atoms with Gasteiger partial charge in [0.15, 0.2) is 5.13 Å². The Morgan fingerprint density at radius 2 is 2.31 bits per heavy atom. The molecule has 0 aliphatic heterocycles. The Morgan fingerprint density at radius 1 is 1.56 bits per heavy atom. The quantitative estimate of drug-likeness (QED) is 0.686. The highest BCUT2D eigenvalue weighted by Crippen LogP contribution is 2.17. The second-order valence-corrected chi connectivity index (χ2v) is 4.07. The Balaban J connectivity index is 2.36.